The van der Waals surface area contributed by atoms with E-state index in [1.165, 1.54) is 25.1 Å². The van der Waals surface area contributed by atoms with Gasteiger partial charge in [-0.2, -0.15) is 0 Å². The third-order valence-electron chi connectivity index (χ3n) is 4.02. The highest BCUT2D eigenvalue weighted by molar-refractivity contribution is 6.04. The van der Waals surface area contributed by atoms with Gasteiger partial charge in [0.05, 0.1) is 11.6 Å². The van der Waals surface area contributed by atoms with Gasteiger partial charge in [-0.3, -0.25) is 4.79 Å². The van der Waals surface area contributed by atoms with Crippen molar-refractivity contribution in [1.29, 1.82) is 0 Å². The first-order chi connectivity index (χ1) is 12.8. The number of hydrogen-bond donors (Lipinski definition) is 4. The van der Waals surface area contributed by atoms with Crippen LogP contribution in [0.3, 0.4) is 0 Å². The quantitative estimate of drug-likeness (QED) is 0.521. The summed E-state index contributed by atoms with van der Waals surface area (Å²) in [4.78, 5) is 23.5. The fourth-order valence-electron chi connectivity index (χ4n) is 3.01. The van der Waals surface area contributed by atoms with Gasteiger partial charge in [-0.25, -0.2) is 4.79 Å². The molecule has 1 heterocycles. The van der Waals surface area contributed by atoms with E-state index in [4.69, 9.17) is 4.42 Å². The van der Waals surface area contributed by atoms with Crippen molar-refractivity contribution in [3.05, 3.63) is 69.8 Å². The molecule has 138 valence electrons. The van der Waals surface area contributed by atoms with E-state index in [9.17, 15) is 30.0 Å². The first-order valence-electron chi connectivity index (χ1n) is 7.97. The minimum atomic E-state index is -0.730. The molecule has 3 aromatic rings. The summed E-state index contributed by atoms with van der Waals surface area (Å²) in [5, 5.41) is 39.9. The lowest BCUT2D eigenvalue weighted by molar-refractivity contribution is 0.101. The number of phenolic OH excluding ortho intramolecular Hbond substituents is 3. The van der Waals surface area contributed by atoms with E-state index in [0.717, 1.165) is 12.1 Å². The number of ketones is 1. The van der Waals surface area contributed by atoms with E-state index in [2.05, 4.69) is 0 Å². The molecular formula is C20H16O7. The van der Waals surface area contributed by atoms with Crippen LogP contribution in [0.4, 0.5) is 0 Å². The molecule has 1 aromatic heterocycles. The second-order valence-corrected chi connectivity index (χ2v) is 6.03. The van der Waals surface area contributed by atoms with Crippen LogP contribution in [0.25, 0.3) is 11.1 Å². The average Bonchev–Trinajstić information content (AvgIpc) is 2.52. The van der Waals surface area contributed by atoms with Crippen LogP contribution in [-0.2, 0) is 6.42 Å². The maximum atomic E-state index is 12.0. The lowest BCUT2D eigenvalue weighted by Crippen LogP contribution is -2.02. The Morgan fingerprint density at radius 3 is 2.33 bits per heavy atom. The molecule has 0 saturated carbocycles. The molecule has 0 amide bonds. The SMILES string of the molecule is CC(=O)c1c(O)cc(O)cc1-c1c(O)cccc1Cc1cc(O)cc(=O)o1. The predicted octanol–water partition coefficient (Wildman–Crippen LogP) is 2.92. The van der Waals surface area contributed by atoms with E-state index < -0.39 is 17.2 Å². The Morgan fingerprint density at radius 2 is 1.67 bits per heavy atom. The Morgan fingerprint density at radius 1 is 0.963 bits per heavy atom. The van der Waals surface area contributed by atoms with Crippen molar-refractivity contribution in [1.82, 2.24) is 0 Å². The normalized spacial score (nSPS) is 10.7. The molecule has 0 aliphatic heterocycles. The summed E-state index contributed by atoms with van der Waals surface area (Å²) in [6.07, 6.45) is 0.0150. The fraction of sp³-hybridized carbons (Fsp3) is 0.100. The van der Waals surface area contributed by atoms with Crippen molar-refractivity contribution in [3.8, 4) is 34.1 Å². The number of carbonyl (C=O) groups is 1. The first kappa shape index (κ1) is 18.1. The molecular weight excluding hydrogens is 352 g/mol. The van der Waals surface area contributed by atoms with Crippen molar-refractivity contribution in [3.63, 3.8) is 0 Å². The van der Waals surface area contributed by atoms with Crippen LogP contribution < -0.4 is 5.63 Å². The Kier molecular flexibility index (Phi) is 4.60. The molecule has 3 rings (SSSR count). The highest BCUT2D eigenvalue weighted by atomic mass is 16.4. The standard InChI is InChI=1S/C20H16O7/c1-10(21)19-15(7-13(23)8-17(19)25)20-11(3-2-4-16(20)24)5-14-6-12(22)9-18(26)27-14/h2-4,6-9,22-25H,5H2,1H3. The molecule has 0 radical (unpaired) electrons. The van der Waals surface area contributed by atoms with Gasteiger partial charge >= 0.3 is 5.63 Å². The van der Waals surface area contributed by atoms with E-state index in [1.807, 2.05) is 0 Å². The van der Waals surface area contributed by atoms with Gasteiger partial charge in [-0.1, -0.05) is 12.1 Å². The molecule has 7 heteroatoms. The van der Waals surface area contributed by atoms with Crippen molar-refractivity contribution >= 4 is 5.78 Å². The second kappa shape index (κ2) is 6.87. The predicted molar refractivity (Wildman–Crippen MR) is 96.3 cm³/mol. The molecule has 0 spiro atoms. The summed E-state index contributed by atoms with van der Waals surface area (Å²) >= 11 is 0. The van der Waals surface area contributed by atoms with Crippen LogP contribution in [0.15, 0.2) is 51.7 Å². The van der Waals surface area contributed by atoms with Crippen LogP contribution in [-0.4, -0.2) is 26.2 Å². The van der Waals surface area contributed by atoms with Gasteiger partial charge < -0.3 is 24.8 Å². The molecule has 0 aliphatic rings. The van der Waals surface area contributed by atoms with Crippen molar-refractivity contribution in [2.75, 3.05) is 0 Å². The molecule has 0 unspecified atom stereocenters. The highest BCUT2D eigenvalue weighted by Gasteiger charge is 2.21. The van der Waals surface area contributed by atoms with Crippen LogP contribution >= 0.6 is 0 Å². The van der Waals surface area contributed by atoms with Gasteiger partial charge in [-0.15, -0.1) is 0 Å². The van der Waals surface area contributed by atoms with E-state index in [1.54, 1.807) is 12.1 Å². The summed E-state index contributed by atoms with van der Waals surface area (Å²) < 4.78 is 5.06. The molecule has 0 fully saturated rings. The molecule has 0 bridgehead atoms. The van der Waals surface area contributed by atoms with E-state index >= 15 is 0 Å². The number of phenols is 3. The van der Waals surface area contributed by atoms with Gasteiger partial charge in [0.25, 0.3) is 0 Å². The minimum Gasteiger partial charge on any atom is -0.508 e. The van der Waals surface area contributed by atoms with Gasteiger partial charge in [0.2, 0.25) is 0 Å². The maximum Gasteiger partial charge on any atom is 0.339 e. The number of carbonyl (C=O) groups excluding carboxylic acids is 1. The number of aromatic hydroxyl groups is 4. The molecule has 4 N–H and O–H groups in total. The third kappa shape index (κ3) is 3.62. The maximum absolute atomic E-state index is 12.0. The number of hydrogen-bond acceptors (Lipinski definition) is 7. The van der Waals surface area contributed by atoms with E-state index in [-0.39, 0.29) is 46.1 Å². The molecule has 0 aliphatic carbocycles. The van der Waals surface area contributed by atoms with Gasteiger partial charge in [0, 0.05) is 29.7 Å². The number of Topliss-reactive ketones (excluding diaryl/α,β-unsaturated/α-hetero) is 1. The zero-order valence-corrected chi connectivity index (χ0v) is 14.3. The molecule has 2 aromatic carbocycles. The summed E-state index contributed by atoms with van der Waals surface area (Å²) in [6, 6.07) is 9.06. The van der Waals surface area contributed by atoms with Crippen molar-refractivity contribution in [2.45, 2.75) is 13.3 Å². The van der Waals surface area contributed by atoms with Crippen LogP contribution in [0.5, 0.6) is 23.0 Å². The smallest absolute Gasteiger partial charge is 0.339 e. The lowest BCUT2D eigenvalue weighted by atomic mass is 9.90. The van der Waals surface area contributed by atoms with Gasteiger partial charge in [0.15, 0.2) is 5.78 Å². The third-order valence-corrected chi connectivity index (χ3v) is 4.02. The topological polar surface area (TPSA) is 128 Å². The van der Waals surface area contributed by atoms with Crippen LogP contribution in [0.2, 0.25) is 0 Å². The largest absolute Gasteiger partial charge is 0.508 e. The molecule has 27 heavy (non-hydrogen) atoms. The number of rotatable bonds is 4. The Balaban J connectivity index is 2.24. The van der Waals surface area contributed by atoms with Crippen molar-refractivity contribution < 1.29 is 29.6 Å². The average molecular weight is 368 g/mol. The second-order valence-electron chi connectivity index (χ2n) is 6.03. The first-order valence-corrected chi connectivity index (χ1v) is 7.97. The Hall–Kier alpha value is -3.74. The summed E-state index contributed by atoms with van der Waals surface area (Å²) in [5.74, 6) is -1.48. The number of benzene rings is 2. The molecule has 7 nitrogen and oxygen atoms in total. The van der Waals surface area contributed by atoms with Gasteiger partial charge in [0.1, 0.15) is 28.8 Å². The lowest BCUT2D eigenvalue weighted by Gasteiger charge is -2.15. The van der Waals surface area contributed by atoms with Crippen LogP contribution in [0, 0.1) is 0 Å². The minimum absolute atomic E-state index is 0.0150. The Bertz CT molecular complexity index is 1100. The fourth-order valence-corrected chi connectivity index (χ4v) is 3.01. The zero-order valence-electron chi connectivity index (χ0n) is 14.3. The van der Waals surface area contributed by atoms with Crippen LogP contribution in [0.1, 0.15) is 28.6 Å². The zero-order chi connectivity index (χ0) is 19.7. The summed E-state index contributed by atoms with van der Waals surface area (Å²) in [7, 11) is 0. The monoisotopic (exact) mass is 368 g/mol. The molecule has 0 atom stereocenters. The summed E-state index contributed by atoms with van der Waals surface area (Å²) in [6.45, 7) is 1.25. The summed E-state index contributed by atoms with van der Waals surface area (Å²) in [5.41, 5.74) is -0.00854. The van der Waals surface area contributed by atoms with Gasteiger partial charge in [-0.05, 0) is 24.6 Å². The van der Waals surface area contributed by atoms with E-state index in [0.29, 0.717) is 5.56 Å². The highest BCUT2D eigenvalue weighted by Crippen LogP contribution is 2.41. The van der Waals surface area contributed by atoms with Crippen molar-refractivity contribution in [2.24, 2.45) is 0 Å². The molecule has 0 saturated heterocycles. The Labute approximate surface area is 153 Å².